The van der Waals surface area contributed by atoms with Crippen LogP contribution in [0.3, 0.4) is 0 Å². The van der Waals surface area contributed by atoms with E-state index < -0.39 is 0 Å². The molecule has 0 bridgehead atoms. The molecule has 0 radical (unpaired) electrons. The van der Waals surface area contributed by atoms with Crippen molar-refractivity contribution in [2.75, 3.05) is 0 Å². The molecule has 0 saturated heterocycles. The van der Waals surface area contributed by atoms with Crippen molar-refractivity contribution < 1.29 is 4.74 Å². The van der Waals surface area contributed by atoms with Crippen molar-refractivity contribution in [3.63, 3.8) is 0 Å². The summed E-state index contributed by atoms with van der Waals surface area (Å²) >= 11 is 3.45. The molecule has 21 heavy (non-hydrogen) atoms. The molecule has 2 aromatic rings. The van der Waals surface area contributed by atoms with Crippen LogP contribution in [0.25, 0.3) is 0 Å². The van der Waals surface area contributed by atoms with Gasteiger partial charge in [-0.15, -0.1) is 0 Å². The maximum absolute atomic E-state index is 5.95. The Morgan fingerprint density at radius 3 is 2.48 bits per heavy atom. The van der Waals surface area contributed by atoms with E-state index in [9.17, 15) is 0 Å². The Hall–Kier alpha value is -1.39. The molecule has 0 aliphatic rings. The number of ether oxygens (including phenoxy) is 1. The third-order valence-corrected chi connectivity index (χ3v) is 3.71. The lowest BCUT2D eigenvalue weighted by molar-refractivity contribution is 0.447. The molecule has 0 unspecified atom stereocenters. The Morgan fingerprint density at radius 2 is 1.90 bits per heavy atom. The summed E-state index contributed by atoms with van der Waals surface area (Å²) in [4.78, 5) is 4.62. The molecule has 3 nitrogen and oxygen atoms in total. The highest BCUT2D eigenvalue weighted by Crippen LogP contribution is 2.29. The van der Waals surface area contributed by atoms with Crippen molar-refractivity contribution in [3.05, 3.63) is 51.6 Å². The van der Waals surface area contributed by atoms with E-state index in [1.807, 2.05) is 37.3 Å². The average molecular weight is 349 g/mol. The average Bonchev–Trinajstić information content (AvgIpc) is 2.40. The highest BCUT2D eigenvalue weighted by Gasteiger charge is 2.18. The topological polar surface area (TPSA) is 48.1 Å². The van der Waals surface area contributed by atoms with Crippen LogP contribution in [0.2, 0.25) is 0 Å². The second-order valence-corrected chi connectivity index (χ2v) is 7.08. The van der Waals surface area contributed by atoms with Crippen LogP contribution in [0.5, 0.6) is 11.6 Å². The molecule has 112 valence electrons. The summed E-state index contributed by atoms with van der Waals surface area (Å²) < 4.78 is 6.99. The predicted octanol–water partition coefficient (Wildman–Crippen LogP) is 4.70. The number of halogens is 1. The lowest BCUT2D eigenvalue weighted by Crippen LogP contribution is -2.15. The summed E-state index contributed by atoms with van der Waals surface area (Å²) in [5.41, 5.74) is 8.81. The van der Waals surface area contributed by atoms with E-state index in [0.717, 1.165) is 27.0 Å². The van der Waals surface area contributed by atoms with Gasteiger partial charge in [-0.25, -0.2) is 4.98 Å². The fourth-order valence-corrected chi connectivity index (χ4v) is 2.43. The van der Waals surface area contributed by atoms with E-state index in [4.69, 9.17) is 10.5 Å². The van der Waals surface area contributed by atoms with Gasteiger partial charge in [-0.1, -0.05) is 36.7 Å². The SMILES string of the molecule is Cc1cc(Br)ccc1Oc1cc(CN)cc(C(C)(C)C)n1. The smallest absolute Gasteiger partial charge is 0.219 e. The first-order valence-electron chi connectivity index (χ1n) is 6.95. The van der Waals surface area contributed by atoms with Gasteiger partial charge < -0.3 is 10.5 Å². The largest absolute Gasteiger partial charge is 0.439 e. The number of rotatable bonds is 3. The number of nitrogens with zero attached hydrogens (tertiary/aromatic N) is 1. The van der Waals surface area contributed by atoms with Gasteiger partial charge in [0.2, 0.25) is 5.88 Å². The van der Waals surface area contributed by atoms with Gasteiger partial charge in [0.15, 0.2) is 0 Å². The molecular formula is C17H21BrN2O. The van der Waals surface area contributed by atoms with E-state index in [0.29, 0.717) is 12.4 Å². The quantitative estimate of drug-likeness (QED) is 0.874. The van der Waals surface area contributed by atoms with Gasteiger partial charge in [-0.2, -0.15) is 0 Å². The minimum absolute atomic E-state index is 0.0436. The third kappa shape index (κ3) is 4.05. The summed E-state index contributed by atoms with van der Waals surface area (Å²) in [7, 11) is 0. The van der Waals surface area contributed by atoms with Gasteiger partial charge in [0.05, 0.1) is 5.69 Å². The summed E-state index contributed by atoms with van der Waals surface area (Å²) in [5.74, 6) is 1.40. The highest BCUT2D eigenvalue weighted by atomic mass is 79.9. The normalized spacial score (nSPS) is 11.5. The molecule has 0 saturated carbocycles. The van der Waals surface area contributed by atoms with E-state index in [2.05, 4.69) is 41.7 Å². The number of pyridine rings is 1. The second kappa shape index (κ2) is 6.16. The Labute approximate surface area is 134 Å². The molecule has 0 fully saturated rings. The van der Waals surface area contributed by atoms with Crippen molar-refractivity contribution in [3.8, 4) is 11.6 Å². The minimum Gasteiger partial charge on any atom is -0.439 e. The molecule has 4 heteroatoms. The Balaban J connectivity index is 2.39. The van der Waals surface area contributed by atoms with Crippen molar-refractivity contribution >= 4 is 15.9 Å². The number of hydrogen-bond donors (Lipinski definition) is 1. The molecule has 2 rings (SSSR count). The monoisotopic (exact) mass is 348 g/mol. The zero-order valence-corrected chi connectivity index (χ0v) is 14.5. The van der Waals surface area contributed by atoms with Gasteiger partial charge >= 0.3 is 0 Å². The maximum Gasteiger partial charge on any atom is 0.219 e. The fourth-order valence-electron chi connectivity index (χ4n) is 1.95. The summed E-state index contributed by atoms with van der Waals surface area (Å²) in [6, 6.07) is 9.86. The van der Waals surface area contributed by atoms with Gasteiger partial charge in [0.1, 0.15) is 5.75 Å². The predicted molar refractivity (Wildman–Crippen MR) is 89.8 cm³/mol. The van der Waals surface area contributed by atoms with Crippen LogP contribution < -0.4 is 10.5 Å². The Bertz CT molecular complexity index is 648. The second-order valence-electron chi connectivity index (χ2n) is 6.16. The van der Waals surface area contributed by atoms with Gasteiger partial charge in [0, 0.05) is 22.5 Å². The summed E-state index contributed by atoms with van der Waals surface area (Å²) in [6.07, 6.45) is 0. The zero-order valence-electron chi connectivity index (χ0n) is 12.9. The zero-order chi connectivity index (χ0) is 15.6. The van der Waals surface area contributed by atoms with Gasteiger partial charge in [0.25, 0.3) is 0 Å². The van der Waals surface area contributed by atoms with Crippen molar-refractivity contribution in [2.45, 2.75) is 39.7 Å². The lowest BCUT2D eigenvalue weighted by Gasteiger charge is -2.20. The van der Waals surface area contributed by atoms with Crippen LogP contribution in [0.1, 0.15) is 37.6 Å². The van der Waals surface area contributed by atoms with Gasteiger partial charge in [-0.3, -0.25) is 0 Å². The van der Waals surface area contributed by atoms with Crippen LogP contribution in [-0.4, -0.2) is 4.98 Å². The first-order chi connectivity index (χ1) is 9.79. The first kappa shape index (κ1) is 16.0. The van der Waals surface area contributed by atoms with E-state index in [-0.39, 0.29) is 5.41 Å². The lowest BCUT2D eigenvalue weighted by atomic mass is 9.91. The van der Waals surface area contributed by atoms with Crippen molar-refractivity contribution in [1.82, 2.24) is 4.98 Å². The van der Waals surface area contributed by atoms with Crippen molar-refractivity contribution in [1.29, 1.82) is 0 Å². The number of aryl methyl sites for hydroxylation is 1. The molecule has 0 spiro atoms. The summed E-state index contributed by atoms with van der Waals surface area (Å²) in [6.45, 7) is 8.87. The van der Waals surface area contributed by atoms with Gasteiger partial charge in [-0.05, 0) is 42.3 Å². The third-order valence-electron chi connectivity index (χ3n) is 3.22. The maximum atomic E-state index is 5.95. The standard InChI is InChI=1S/C17H21BrN2O/c1-11-7-13(18)5-6-14(11)21-16-9-12(10-19)8-15(20-16)17(2,3)4/h5-9H,10,19H2,1-4H3. The van der Waals surface area contributed by atoms with E-state index in [1.165, 1.54) is 0 Å². The first-order valence-corrected chi connectivity index (χ1v) is 7.74. The number of hydrogen-bond acceptors (Lipinski definition) is 3. The molecule has 0 atom stereocenters. The van der Waals surface area contributed by atoms with E-state index >= 15 is 0 Å². The minimum atomic E-state index is -0.0436. The molecule has 1 heterocycles. The molecular weight excluding hydrogens is 328 g/mol. The van der Waals surface area contributed by atoms with Crippen molar-refractivity contribution in [2.24, 2.45) is 5.73 Å². The molecule has 0 aliphatic carbocycles. The van der Waals surface area contributed by atoms with Crippen LogP contribution in [-0.2, 0) is 12.0 Å². The number of benzene rings is 1. The Morgan fingerprint density at radius 1 is 1.19 bits per heavy atom. The van der Waals surface area contributed by atoms with E-state index in [1.54, 1.807) is 0 Å². The van der Waals surface area contributed by atoms with Crippen LogP contribution in [0, 0.1) is 6.92 Å². The molecule has 0 aliphatic heterocycles. The highest BCUT2D eigenvalue weighted by molar-refractivity contribution is 9.10. The number of nitrogens with two attached hydrogens (primary N) is 1. The van der Waals surface area contributed by atoms with Crippen LogP contribution >= 0.6 is 15.9 Å². The molecule has 0 amide bonds. The fraction of sp³-hybridized carbons (Fsp3) is 0.353. The number of aromatic nitrogens is 1. The molecule has 1 aromatic heterocycles. The van der Waals surface area contributed by atoms with Crippen LogP contribution in [0.15, 0.2) is 34.8 Å². The molecule has 1 aromatic carbocycles. The summed E-state index contributed by atoms with van der Waals surface area (Å²) in [5, 5.41) is 0. The van der Waals surface area contributed by atoms with Crippen LogP contribution in [0.4, 0.5) is 0 Å². The molecule has 2 N–H and O–H groups in total. The Kier molecular flexibility index (Phi) is 4.69.